The maximum absolute atomic E-state index is 12.0. The van der Waals surface area contributed by atoms with E-state index in [2.05, 4.69) is 5.32 Å². The van der Waals surface area contributed by atoms with E-state index in [9.17, 15) is 18.0 Å². The molecule has 1 aliphatic heterocycles. The van der Waals surface area contributed by atoms with Crippen LogP contribution >= 0.6 is 0 Å². The molecule has 1 aromatic carbocycles. The van der Waals surface area contributed by atoms with Crippen molar-refractivity contribution in [3.8, 4) is 0 Å². The molecule has 0 radical (unpaired) electrons. The third kappa shape index (κ3) is 3.96. The first kappa shape index (κ1) is 13.9. The molecule has 1 heterocycles. The van der Waals surface area contributed by atoms with E-state index in [0.29, 0.717) is 13.1 Å². The van der Waals surface area contributed by atoms with Gasteiger partial charge in [0.2, 0.25) is 5.91 Å². The van der Waals surface area contributed by atoms with E-state index in [0.717, 1.165) is 12.0 Å². The summed E-state index contributed by atoms with van der Waals surface area (Å²) in [5.74, 6) is -0.293. The van der Waals surface area contributed by atoms with Crippen LogP contribution in [0, 0.1) is 0 Å². The molecule has 2 rings (SSSR count). The fraction of sp³-hybridized carbons (Fsp3) is 0.462. The van der Waals surface area contributed by atoms with Gasteiger partial charge in [-0.3, -0.25) is 4.79 Å². The third-order valence-corrected chi connectivity index (χ3v) is 3.09. The lowest BCUT2D eigenvalue weighted by molar-refractivity contribution is -0.134. The molecule has 3 nitrogen and oxygen atoms in total. The van der Waals surface area contributed by atoms with Gasteiger partial charge in [-0.2, -0.15) is 13.2 Å². The number of halogens is 3. The van der Waals surface area contributed by atoms with Crippen LogP contribution in [0.25, 0.3) is 0 Å². The largest absolute Gasteiger partial charge is 0.401 e. The van der Waals surface area contributed by atoms with Gasteiger partial charge in [0.25, 0.3) is 0 Å². The van der Waals surface area contributed by atoms with Crippen LogP contribution in [0.3, 0.4) is 0 Å². The number of fused-ring (bicyclic) bond motifs is 1. The van der Waals surface area contributed by atoms with E-state index >= 15 is 0 Å². The normalized spacial score (nSPS) is 15.2. The quantitative estimate of drug-likeness (QED) is 0.908. The zero-order valence-electron chi connectivity index (χ0n) is 10.3. The molecule has 1 aliphatic rings. The average molecular weight is 272 g/mol. The van der Waals surface area contributed by atoms with Crippen LogP contribution in [0.5, 0.6) is 0 Å². The lowest BCUT2D eigenvalue weighted by atomic mass is 10.00. The molecule has 104 valence electrons. The van der Waals surface area contributed by atoms with Crippen molar-refractivity contribution in [3.05, 3.63) is 35.4 Å². The lowest BCUT2D eigenvalue weighted by Gasteiger charge is -2.29. The van der Waals surface area contributed by atoms with Gasteiger partial charge >= 0.3 is 6.18 Å². The maximum Gasteiger partial charge on any atom is 0.401 e. The van der Waals surface area contributed by atoms with Gasteiger partial charge in [0.05, 0.1) is 13.1 Å². The Hall–Kier alpha value is -1.56. The molecule has 1 aromatic rings. The molecule has 0 unspecified atom stereocenters. The van der Waals surface area contributed by atoms with Crippen LogP contribution in [-0.4, -0.2) is 36.6 Å². The molecular formula is C13H15F3N2O. The van der Waals surface area contributed by atoms with Crippen LogP contribution in [0.15, 0.2) is 24.3 Å². The van der Waals surface area contributed by atoms with Gasteiger partial charge in [-0.05, 0) is 17.5 Å². The van der Waals surface area contributed by atoms with Crippen molar-refractivity contribution in [2.75, 3.05) is 19.6 Å². The first-order valence-electron chi connectivity index (χ1n) is 6.08. The van der Waals surface area contributed by atoms with Crippen molar-refractivity contribution in [2.45, 2.75) is 19.1 Å². The summed E-state index contributed by atoms with van der Waals surface area (Å²) in [5, 5.41) is 2.13. The minimum absolute atomic E-state index is 0.276. The fourth-order valence-electron chi connectivity index (χ4n) is 2.13. The Kier molecular flexibility index (Phi) is 4.09. The Bertz CT molecular complexity index is 459. The SMILES string of the molecule is O=C(CNCC(F)(F)F)N1CCc2ccccc2C1. The first-order chi connectivity index (χ1) is 8.96. The number of amides is 1. The summed E-state index contributed by atoms with van der Waals surface area (Å²) in [6.45, 7) is -0.378. The van der Waals surface area contributed by atoms with Crippen molar-refractivity contribution < 1.29 is 18.0 Å². The van der Waals surface area contributed by atoms with Crippen LogP contribution < -0.4 is 5.32 Å². The molecule has 0 aliphatic carbocycles. The van der Waals surface area contributed by atoms with Crippen molar-refractivity contribution in [3.63, 3.8) is 0 Å². The van der Waals surface area contributed by atoms with Gasteiger partial charge in [-0.15, -0.1) is 0 Å². The van der Waals surface area contributed by atoms with Crippen molar-refractivity contribution in [1.82, 2.24) is 10.2 Å². The number of carbonyl (C=O) groups is 1. The Labute approximate surface area is 109 Å². The molecule has 1 N–H and O–H groups in total. The minimum Gasteiger partial charge on any atom is -0.337 e. The number of hydrogen-bond donors (Lipinski definition) is 1. The van der Waals surface area contributed by atoms with E-state index in [1.165, 1.54) is 5.56 Å². The Morgan fingerprint density at radius 3 is 2.63 bits per heavy atom. The molecule has 0 saturated heterocycles. The Balaban J connectivity index is 1.85. The van der Waals surface area contributed by atoms with E-state index in [1.54, 1.807) is 4.90 Å². The molecule has 0 bridgehead atoms. The third-order valence-electron chi connectivity index (χ3n) is 3.09. The molecule has 0 atom stereocenters. The smallest absolute Gasteiger partial charge is 0.337 e. The maximum atomic E-state index is 12.0. The number of hydrogen-bond acceptors (Lipinski definition) is 2. The van der Waals surface area contributed by atoms with Gasteiger partial charge in [0.15, 0.2) is 0 Å². The molecule has 0 spiro atoms. The number of carbonyl (C=O) groups excluding carboxylic acids is 1. The molecule has 19 heavy (non-hydrogen) atoms. The van der Waals surface area contributed by atoms with Crippen LogP contribution in [0.1, 0.15) is 11.1 Å². The summed E-state index contributed by atoms with van der Waals surface area (Å²) in [6, 6.07) is 7.80. The second kappa shape index (κ2) is 5.61. The van der Waals surface area contributed by atoms with E-state index < -0.39 is 12.7 Å². The molecule has 1 amide bonds. The van der Waals surface area contributed by atoms with Gasteiger partial charge < -0.3 is 10.2 Å². The van der Waals surface area contributed by atoms with Crippen molar-refractivity contribution in [2.24, 2.45) is 0 Å². The first-order valence-corrected chi connectivity index (χ1v) is 6.08. The summed E-state index contributed by atoms with van der Waals surface area (Å²) >= 11 is 0. The van der Waals surface area contributed by atoms with Crippen molar-refractivity contribution in [1.29, 1.82) is 0 Å². The molecule has 0 aromatic heterocycles. The zero-order valence-corrected chi connectivity index (χ0v) is 10.3. The number of nitrogens with zero attached hydrogens (tertiary/aromatic N) is 1. The predicted molar refractivity (Wildman–Crippen MR) is 64.5 cm³/mol. The summed E-state index contributed by atoms with van der Waals surface area (Å²) in [4.78, 5) is 13.4. The molecule has 0 saturated carbocycles. The molecule has 0 fully saturated rings. The minimum atomic E-state index is -4.28. The predicted octanol–water partition coefficient (Wildman–Crippen LogP) is 1.72. The molecule has 6 heteroatoms. The summed E-state index contributed by atoms with van der Waals surface area (Å²) < 4.78 is 35.9. The van der Waals surface area contributed by atoms with Crippen LogP contribution in [0.4, 0.5) is 13.2 Å². The fourth-order valence-corrected chi connectivity index (χ4v) is 2.13. The second-order valence-corrected chi connectivity index (χ2v) is 4.55. The van der Waals surface area contributed by atoms with Crippen LogP contribution in [0.2, 0.25) is 0 Å². The van der Waals surface area contributed by atoms with E-state index in [4.69, 9.17) is 0 Å². The lowest BCUT2D eigenvalue weighted by Crippen LogP contribution is -2.43. The number of benzene rings is 1. The second-order valence-electron chi connectivity index (χ2n) is 4.55. The van der Waals surface area contributed by atoms with E-state index in [1.807, 2.05) is 24.3 Å². The highest BCUT2D eigenvalue weighted by atomic mass is 19.4. The highest BCUT2D eigenvalue weighted by Crippen LogP contribution is 2.18. The van der Waals surface area contributed by atoms with Gasteiger partial charge in [-0.1, -0.05) is 24.3 Å². The highest BCUT2D eigenvalue weighted by molar-refractivity contribution is 5.78. The van der Waals surface area contributed by atoms with E-state index in [-0.39, 0.29) is 12.5 Å². The van der Waals surface area contributed by atoms with Crippen molar-refractivity contribution >= 4 is 5.91 Å². The highest BCUT2D eigenvalue weighted by Gasteiger charge is 2.27. The monoisotopic (exact) mass is 272 g/mol. The van der Waals surface area contributed by atoms with Crippen LogP contribution in [-0.2, 0) is 17.8 Å². The topological polar surface area (TPSA) is 32.3 Å². The molecular weight excluding hydrogens is 257 g/mol. The number of nitrogens with one attached hydrogen (secondary N) is 1. The summed E-state index contributed by atoms with van der Waals surface area (Å²) in [5.41, 5.74) is 2.27. The number of rotatable bonds is 3. The average Bonchev–Trinajstić information content (AvgIpc) is 2.36. The van der Waals surface area contributed by atoms with Gasteiger partial charge in [0.1, 0.15) is 0 Å². The summed E-state index contributed by atoms with van der Waals surface area (Å²) in [7, 11) is 0. The summed E-state index contributed by atoms with van der Waals surface area (Å²) in [6.07, 6.45) is -3.53. The standard InChI is InChI=1S/C13H15F3N2O/c14-13(15,16)9-17-7-12(19)18-6-5-10-3-1-2-4-11(10)8-18/h1-4,17H,5-9H2. The Morgan fingerprint density at radius 1 is 1.26 bits per heavy atom. The number of alkyl halides is 3. The Morgan fingerprint density at radius 2 is 1.95 bits per heavy atom. The van der Waals surface area contributed by atoms with Gasteiger partial charge in [0, 0.05) is 13.1 Å². The zero-order chi connectivity index (χ0) is 13.9. The van der Waals surface area contributed by atoms with Gasteiger partial charge in [-0.25, -0.2) is 0 Å².